The van der Waals surface area contributed by atoms with Crippen molar-refractivity contribution in [2.75, 3.05) is 17.7 Å². The highest BCUT2D eigenvalue weighted by atomic mass is 19.2. The van der Waals surface area contributed by atoms with E-state index < -0.39 is 40.9 Å². The summed E-state index contributed by atoms with van der Waals surface area (Å²) in [6.07, 6.45) is 0.276. The molecular weight excluding hydrogens is 349 g/mol. The molecule has 0 aromatic heterocycles. The third-order valence-corrected chi connectivity index (χ3v) is 4.12. The average molecular weight is 364 g/mol. The van der Waals surface area contributed by atoms with Crippen LogP contribution in [0.4, 0.5) is 24.5 Å². The molecule has 2 unspecified atom stereocenters. The van der Waals surface area contributed by atoms with Crippen molar-refractivity contribution in [1.82, 2.24) is 0 Å². The van der Waals surface area contributed by atoms with E-state index in [1.165, 1.54) is 7.11 Å². The molecule has 0 saturated heterocycles. The van der Waals surface area contributed by atoms with Crippen molar-refractivity contribution in [3.05, 3.63) is 53.8 Å². The molecule has 1 fully saturated rings. The van der Waals surface area contributed by atoms with Gasteiger partial charge in [-0.1, -0.05) is 12.1 Å². The molecule has 0 aliphatic heterocycles. The third kappa shape index (κ3) is 3.49. The number of benzene rings is 2. The molecule has 1 aliphatic carbocycles. The summed E-state index contributed by atoms with van der Waals surface area (Å²) in [6, 6.07) is 8.45. The number of para-hydroxylation sites is 2. The van der Waals surface area contributed by atoms with E-state index in [0.29, 0.717) is 17.5 Å². The normalized spacial score (nSPS) is 18.2. The molecule has 2 aromatic rings. The summed E-state index contributed by atoms with van der Waals surface area (Å²) in [5.74, 6) is -6.27. The topological polar surface area (TPSA) is 67.4 Å². The summed E-state index contributed by atoms with van der Waals surface area (Å²) in [4.78, 5) is 24.4. The number of carbonyl (C=O) groups is 2. The lowest BCUT2D eigenvalue weighted by Gasteiger charge is -2.10. The van der Waals surface area contributed by atoms with E-state index in [1.807, 2.05) is 0 Å². The van der Waals surface area contributed by atoms with Crippen LogP contribution in [0.25, 0.3) is 0 Å². The fraction of sp³-hybridized carbons (Fsp3) is 0.222. The number of anilines is 2. The van der Waals surface area contributed by atoms with Crippen LogP contribution in [0.5, 0.6) is 5.75 Å². The summed E-state index contributed by atoms with van der Waals surface area (Å²) >= 11 is 0. The summed E-state index contributed by atoms with van der Waals surface area (Å²) in [6.45, 7) is 0. The quantitative estimate of drug-likeness (QED) is 0.800. The molecule has 0 heterocycles. The van der Waals surface area contributed by atoms with Crippen molar-refractivity contribution in [3.63, 3.8) is 0 Å². The molecule has 26 heavy (non-hydrogen) atoms. The first-order valence-corrected chi connectivity index (χ1v) is 7.80. The van der Waals surface area contributed by atoms with Gasteiger partial charge in [0, 0.05) is 0 Å². The molecule has 2 amide bonds. The minimum Gasteiger partial charge on any atom is -0.495 e. The minimum atomic E-state index is -1.66. The number of hydrogen-bond acceptors (Lipinski definition) is 3. The Morgan fingerprint density at radius 1 is 0.923 bits per heavy atom. The monoisotopic (exact) mass is 364 g/mol. The average Bonchev–Trinajstić information content (AvgIpc) is 3.43. The van der Waals surface area contributed by atoms with Gasteiger partial charge in [-0.3, -0.25) is 9.59 Å². The van der Waals surface area contributed by atoms with Gasteiger partial charge >= 0.3 is 0 Å². The summed E-state index contributed by atoms with van der Waals surface area (Å²) in [5, 5.41) is 4.86. The zero-order valence-corrected chi connectivity index (χ0v) is 13.7. The molecular formula is C18H15F3N2O3. The highest BCUT2D eigenvalue weighted by Gasteiger charge is 2.48. The Hall–Kier alpha value is -3.03. The van der Waals surface area contributed by atoms with Gasteiger partial charge < -0.3 is 15.4 Å². The number of methoxy groups -OCH3 is 1. The number of ether oxygens (including phenoxy) is 1. The number of amides is 2. The Bertz CT molecular complexity index is 873. The van der Waals surface area contributed by atoms with Crippen LogP contribution in [-0.4, -0.2) is 18.9 Å². The molecule has 3 rings (SSSR count). The van der Waals surface area contributed by atoms with Crippen LogP contribution in [0.2, 0.25) is 0 Å². The van der Waals surface area contributed by atoms with Crippen molar-refractivity contribution in [2.45, 2.75) is 6.42 Å². The van der Waals surface area contributed by atoms with E-state index in [-0.39, 0.29) is 12.3 Å². The number of halogens is 3. The Kier molecular flexibility index (Phi) is 4.83. The molecule has 1 saturated carbocycles. The maximum Gasteiger partial charge on any atom is 0.228 e. The van der Waals surface area contributed by atoms with Gasteiger partial charge in [-0.25, -0.2) is 13.2 Å². The van der Waals surface area contributed by atoms with Crippen LogP contribution in [0, 0.1) is 29.3 Å². The van der Waals surface area contributed by atoms with Crippen LogP contribution in [0.1, 0.15) is 6.42 Å². The van der Waals surface area contributed by atoms with E-state index in [4.69, 9.17) is 4.74 Å². The Balaban J connectivity index is 1.62. The molecule has 0 bridgehead atoms. The molecule has 2 aromatic carbocycles. The lowest BCUT2D eigenvalue weighted by molar-refractivity contribution is -0.122. The second-order valence-electron chi connectivity index (χ2n) is 5.85. The lowest BCUT2D eigenvalue weighted by Crippen LogP contribution is -2.21. The fourth-order valence-corrected chi connectivity index (χ4v) is 2.60. The summed E-state index contributed by atoms with van der Waals surface area (Å²) in [7, 11) is 1.47. The summed E-state index contributed by atoms with van der Waals surface area (Å²) in [5.41, 5.74) is 0.00222. The molecule has 8 heteroatoms. The SMILES string of the molecule is COc1ccccc1NC(=O)C1CC1C(=O)Nc1ccc(F)c(F)c1F. The highest BCUT2D eigenvalue weighted by molar-refractivity contribution is 6.03. The molecule has 2 atom stereocenters. The van der Waals surface area contributed by atoms with E-state index in [1.54, 1.807) is 24.3 Å². The first kappa shape index (κ1) is 17.8. The van der Waals surface area contributed by atoms with Crippen molar-refractivity contribution >= 4 is 23.2 Å². The van der Waals surface area contributed by atoms with Crippen LogP contribution in [0.3, 0.4) is 0 Å². The molecule has 1 aliphatic rings. The van der Waals surface area contributed by atoms with Crippen LogP contribution in [0.15, 0.2) is 36.4 Å². The molecule has 136 valence electrons. The second-order valence-corrected chi connectivity index (χ2v) is 5.85. The smallest absolute Gasteiger partial charge is 0.228 e. The van der Waals surface area contributed by atoms with E-state index in [9.17, 15) is 22.8 Å². The molecule has 0 spiro atoms. The summed E-state index contributed by atoms with van der Waals surface area (Å²) < 4.78 is 44.9. The number of hydrogen-bond donors (Lipinski definition) is 2. The Morgan fingerprint density at radius 2 is 1.54 bits per heavy atom. The van der Waals surface area contributed by atoms with Gasteiger partial charge in [-0.05, 0) is 30.7 Å². The van der Waals surface area contributed by atoms with Crippen molar-refractivity contribution in [3.8, 4) is 5.75 Å². The van der Waals surface area contributed by atoms with Gasteiger partial charge in [-0.2, -0.15) is 0 Å². The van der Waals surface area contributed by atoms with E-state index in [2.05, 4.69) is 10.6 Å². The minimum absolute atomic E-state index is 0.276. The molecule has 0 radical (unpaired) electrons. The molecule has 2 N–H and O–H groups in total. The maximum absolute atomic E-state index is 13.6. The van der Waals surface area contributed by atoms with Gasteiger partial charge in [0.1, 0.15) is 5.75 Å². The number of nitrogens with one attached hydrogen (secondary N) is 2. The largest absolute Gasteiger partial charge is 0.495 e. The van der Waals surface area contributed by atoms with Crippen molar-refractivity contribution in [1.29, 1.82) is 0 Å². The highest BCUT2D eigenvalue weighted by Crippen LogP contribution is 2.41. The maximum atomic E-state index is 13.6. The predicted molar refractivity (Wildman–Crippen MR) is 88.2 cm³/mol. The molecule has 5 nitrogen and oxygen atoms in total. The first-order valence-electron chi connectivity index (χ1n) is 7.80. The fourth-order valence-electron chi connectivity index (χ4n) is 2.60. The van der Waals surface area contributed by atoms with Gasteiger partial charge in [-0.15, -0.1) is 0 Å². The Morgan fingerprint density at radius 3 is 2.19 bits per heavy atom. The second kappa shape index (κ2) is 7.07. The predicted octanol–water partition coefficient (Wildman–Crippen LogP) is 3.33. The van der Waals surface area contributed by atoms with Gasteiger partial charge in [0.2, 0.25) is 11.8 Å². The lowest BCUT2D eigenvalue weighted by atomic mass is 10.2. The van der Waals surface area contributed by atoms with Crippen LogP contribution >= 0.6 is 0 Å². The van der Waals surface area contributed by atoms with E-state index in [0.717, 1.165) is 6.07 Å². The first-order chi connectivity index (χ1) is 12.4. The Labute approximate surface area is 147 Å². The third-order valence-electron chi connectivity index (χ3n) is 4.12. The van der Waals surface area contributed by atoms with Gasteiger partial charge in [0.15, 0.2) is 17.5 Å². The van der Waals surface area contributed by atoms with Crippen molar-refractivity contribution < 1.29 is 27.5 Å². The van der Waals surface area contributed by atoms with E-state index >= 15 is 0 Å². The van der Waals surface area contributed by atoms with Crippen LogP contribution in [-0.2, 0) is 9.59 Å². The number of rotatable bonds is 5. The van der Waals surface area contributed by atoms with Gasteiger partial charge in [0.25, 0.3) is 0 Å². The standard InChI is InChI=1S/C18H15F3N2O3/c1-26-14-5-3-2-4-12(14)22-17(24)9-8-10(9)18(25)23-13-7-6-11(19)15(20)16(13)21/h2-7,9-10H,8H2,1H3,(H,22,24)(H,23,25). The van der Waals surface area contributed by atoms with Crippen LogP contribution < -0.4 is 15.4 Å². The zero-order chi connectivity index (χ0) is 18.8. The van der Waals surface area contributed by atoms with Gasteiger partial charge in [0.05, 0.1) is 30.3 Å². The zero-order valence-electron chi connectivity index (χ0n) is 13.7. The number of carbonyl (C=O) groups excluding carboxylic acids is 2. The van der Waals surface area contributed by atoms with Crippen molar-refractivity contribution in [2.24, 2.45) is 11.8 Å².